The van der Waals surface area contributed by atoms with E-state index in [1.807, 2.05) is 12.2 Å². The minimum atomic E-state index is 0. The molecule has 0 nitrogen and oxygen atoms in total. The maximum atomic E-state index is 3.25. The van der Waals surface area contributed by atoms with Crippen LogP contribution in [0.15, 0.2) is 18.2 Å². The number of hydrogen-bond acceptors (Lipinski definition) is 0. The van der Waals surface area contributed by atoms with Crippen LogP contribution in [-0.4, -0.2) is 0 Å². The molecule has 0 spiro atoms. The summed E-state index contributed by atoms with van der Waals surface area (Å²) in [5.41, 5.74) is 0. The summed E-state index contributed by atoms with van der Waals surface area (Å²) in [5, 5.41) is 0. The van der Waals surface area contributed by atoms with Gasteiger partial charge in [-0.05, 0) is 0 Å². The van der Waals surface area contributed by atoms with Crippen molar-refractivity contribution in [1.29, 1.82) is 0 Å². The topological polar surface area (TPSA) is 0 Å². The van der Waals surface area contributed by atoms with Gasteiger partial charge in [-0.1, -0.05) is 0 Å². The molecule has 0 radical (unpaired) electrons. The zero-order valence-corrected chi connectivity index (χ0v) is 10.4. The molecule has 0 unspecified atom stereocenters. The second-order valence-corrected chi connectivity index (χ2v) is 1.00. The fraction of sp³-hybridized carbons (Fsp3) is 0.333. The molecule has 0 saturated carbocycles. The smallest absolute Gasteiger partial charge is 1.00 e. The van der Waals surface area contributed by atoms with Crippen molar-refractivity contribution >= 4 is 0 Å². The average molecular weight is 250 g/mol. The molecule has 0 aliphatic heterocycles. The standard InChI is InChI=1S/C5H5.2C2H5.ClH.Zr/c1-2-4-5-3-1;2*1-2;;/h1-3H,4H2;2*1H2,2H3;1H;/q3*-1;;+4/p-1. The third-order valence-electron chi connectivity index (χ3n) is 0.586. The summed E-state index contributed by atoms with van der Waals surface area (Å²) in [6, 6.07) is 0. The Kier molecular flexibility index (Phi) is 63.8. The molecule has 0 aromatic carbocycles. The average Bonchev–Trinajstić information content (AvgIpc) is 2.51. The predicted octanol–water partition coefficient (Wildman–Crippen LogP) is -0.0120. The summed E-state index contributed by atoms with van der Waals surface area (Å²) in [4.78, 5) is 0. The third-order valence-corrected chi connectivity index (χ3v) is 0.586. The van der Waals surface area contributed by atoms with Crippen molar-refractivity contribution < 1.29 is 38.6 Å². The molecule has 2 heteroatoms. The Labute approximate surface area is 96.7 Å². The van der Waals surface area contributed by atoms with E-state index in [1.54, 1.807) is 13.8 Å². The van der Waals surface area contributed by atoms with Crippen LogP contribution < -0.4 is 12.4 Å². The van der Waals surface area contributed by atoms with Gasteiger partial charge >= 0.3 is 26.2 Å². The minimum Gasteiger partial charge on any atom is -1.00 e. The predicted molar refractivity (Wildman–Crippen MR) is 43.6 cm³/mol. The van der Waals surface area contributed by atoms with E-state index in [9.17, 15) is 0 Å². The molecule has 0 atom stereocenters. The zero-order valence-electron chi connectivity index (χ0n) is 7.23. The van der Waals surface area contributed by atoms with Crippen LogP contribution in [0.3, 0.4) is 0 Å². The van der Waals surface area contributed by atoms with Crippen LogP contribution >= 0.6 is 0 Å². The van der Waals surface area contributed by atoms with Crippen LogP contribution in [-0.2, 0) is 26.2 Å². The van der Waals surface area contributed by atoms with E-state index in [-0.39, 0.29) is 38.6 Å². The molecular weight excluding hydrogens is 235 g/mol. The Morgan fingerprint density at radius 2 is 1.64 bits per heavy atom. The van der Waals surface area contributed by atoms with Crippen molar-refractivity contribution in [2.75, 3.05) is 0 Å². The first-order chi connectivity index (χ1) is 4.50. The fourth-order valence-electron chi connectivity index (χ4n) is 0.340. The third kappa shape index (κ3) is 25.0. The molecule has 0 aromatic rings. The van der Waals surface area contributed by atoms with Gasteiger partial charge in [-0.15, -0.1) is 6.42 Å². The van der Waals surface area contributed by atoms with Gasteiger partial charge in [-0.2, -0.15) is 19.9 Å². The van der Waals surface area contributed by atoms with Crippen LogP contribution in [0, 0.1) is 19.9 Å². The molecule has 1 aliphatic carbocycles. The number of hydrogen-bond donors (Lipinski definition) is 0. The van der Waals surface area contributed by atoms with Gasteiger partial charge in [-0.3, -0.25) is 6.08 Å². The number of halogens is 1. The normalized spacial score (nSPS) is 9.09. The van der Waals surface area contributed by atoms with Crippen LogP contribution in [0.4, 0.5) is 0 Å². The Morgan fingerprint density at radius 1 is 1.18 bits per heavy atom. The van der Waals surface area contributed by atoms with Gasteiger partial charge in [0.25, 0.3) is 0 Å². The van der Waals surface area contributed by atoms with Crippen molar-refractivity contribution in [2.45, 2.75) is 20.3 Å². The van der Waals surface area contributed by atoms with Gasteiger partial charge in [-0.25, -0.2) is 12.2 Å². The van der Waals surface area contributed by atoms with Crippen molar-refractivity contribution in [3.05, 3.63) is 38.2 Å². The molecule has 0 aromatic heterocycles. The summed E-state index contributed by atoms with van der Waals surface area (Å²) in [5.74, 6) is 0. The van der Waals surface area contributed by atoms with E-state index in [2.05, 4.69) is 26.0 Å². The van der Waals surface area contributed by atoms with Gasteiger partial charge in [0.2, 0.25) is 0 Å². The first-order valence-corrected chi connectivity index (χ1v) is 3.13. The van der Waals surface area contributed by atoms with Gasteiger partial charge in [0, 0.05) is 0 Å². The molecule has 0 fully saturated rings. The largest absolute Gasteiger partial charge is 4.00 e. The van der Waals surface area contributed by atoms with Crippen LogP contribution in [0.1, 0.15) is 20.3 Å². The summed E-state index contributed by atoms with van der Waals surface area (Å²) < 4.78 is 0. The summed E-state index contributed by atoms with van der Waals surface area (Å²) in [6.45, 7) is 10.0. The monoisotopic (exact) mass is 248 g/mol. The van der Waals surface area contributed by atoms with E-state index in [4.69, 9.17) is 0 Å². The van der Waals surface area contributed by atoms with E-state index in [1.165, 1.54) is 0 Å². The van der Waals surface area contributed by atoms with E-state index in [0.29, 0.717) is 0 Å². The Morgan fingerprint density at radius 3 is 1.73 bits per heavy atom. The molecule has 1 rings (SSSR count). The van der Waals surface area contributed by atoms with Crippen molar-refractivity contribution in [3.8, 4) is 0 Å². The molecule has 0 N–H and O–H groups in total. The van der Waals surface area contributed by atoms with Crippen LogP contribution in [0.25, 0.3) is 0 Å². The van der Waals surface area contributed by atoms with E-state index in [0.717, 1.165) is 6.42 Å². The van der Waals surface area contributed by atoms with E-state index < -0.39 is 0 Å². The molecule has 0 saturated heterocycles. The maximum absolute atomic E-state index is 3.25. The molecule has 62 valence electrons. The SMILES string of the molecule is [C-]1=CC=CC1.[CH2-]C.[CH2-]C.[Cl-].[Zr+4]. The Balaban J connectivity index is -0.0000000369. The molecule has 0 amide bonds. The van der Waals surface area contributed by atoms with Crippen LogP contribution in [0.2, 0.25) is 0 Å². The van der Waals surface area contributed by atoms with Gasteiger partial charge in [0.15, 0.2) is 0 Å². The first-order valence-electron chi connectivity index (χ1n) is 3.13. The molecular formula is C9H15ClZr. The maximum Gasteiger partial charge on any atom is 4.00 e. The number of rotatable bonds is 0. The Bertz CT molecular complexity index is 67.6. The van der Waals surface area contributed by atoms with Crippen LogP contribution in [0.5, 0.6) is 0 Å². The Hall–Kier alpha value is 0.653. The minimum absolute atomic E-state index is 0. The van der Waals surface area contributed by atoms with Crippen molar-refractivity contribution in [2.24, 2.45) is 0 Å². The second kappa shape index (κ2) is 31.1. The molecule has 0 heterocycles. The molecule has 0 bridgehead atoms. The second-order valence-electron chi connectivity index (χ2n) is 1.00. The summed E-state index contributed by atoms with van der Waals surface area (Å²) in [6.07, 6.45) is 10.0. The van der Waals surface area contributed by atoms with Gasteiger partial charge < -0.3 is 26.3 Å². The van der Waals surface area contributed by atoms with E-state index >= 15 is 0 Å². The molecule has 11 heavy (non-hydrogen) atoms. The quantitative estimate of drug-likeness (QED) is 0.530. The van der Waals surface area contributed by atoms with Gasteiger partial charge in [0.05, 0.1) is 0 Å². The van der Waals surface area contributed by atoms with Crippen molar-refractivity contribution in [3.63, 3.8) is 0 Å². The van der Waals surface area contributed by atoms with Crippen molar-refractivity contribution in [1.82, 2.24) is 0 Å². The molecule has 1 aliphatic rings. The van der Waals surface area contributed by atoms with Gasteiger partial charge in [0.1, 0.15) is 0 Å². The summed E-state index contributed by atoms with van der Waals surface area (Å²) in [7, 11) is 0. The summed E-state index contributed by atoms with van der Waals surface area (Å²) >= 11 is 0. The number of allylic oxidation sites excluding steroid dienone is 4. The fourth-order valence-corrected chi connectivity index (χ4v) is 0.340. The first kappa shape index (κ1) is 22.6. The zero-order chi connectivity index (χ0) is 7.54.